The molecule has 2 heterocycles. The van der Waals surface area contributed by atoms with Gasteiger partial charge in [-0.3, -0.25) is 19.5 Å². The molecule has 0 saturated heterocycles. The Balaban J connectivity index is 1.51. The highest BCUT2D eigenvalue weighted by Gasteiger charge is 2.42. The average Bonchev–Trinajstić information content (AvgIpc) is 3.29. The van der Waals surface area contributed by atoms with E-state index >= 15 is 0 Å². The van der Waals surface area contributed by atoms with Crippen molar-refractivity contribution in [1.82, 2.24) is 14.5 Å². The molecule has 0 unspecified atom stereocenters. The summed E-state index contributed by atoms with van der Waals surface area (Å²) in [4.78, 5) is 46.4. The lowest BCUT2D eigenvalue weighted by Crippen LogP contribution is -2.34. The number of aromatic nitrogens is 3. The number of benzene rings is 2. The normalized spacial score (nSPS) is 11.3. The number of hydrogen-bond donors (Lipinski definition) is 1. The summed E-state index contributed by atoms with van der Waals surface area (Å²) in [6.07, 6.45) is -2.67. The van der Waals surface area contributed by atoms with Gasteiger partial charge in [-0.1, -0.05) is 23.7 Å². The van der Waals surface area contributed by atoms with E-state index in [0.717, 1.165) is 11.2 Å². The number of nitrogens with zero attached hydrogens (tertiary/aromatic N) is 4. The maximum absolute atomic E-state index is 13.8. The number of nitrogens with one attached hydrogen (secondary N) is 1. The van der Waals surface area contributed by atoms with Crippen molar-refractivity contribution in [2.45, 2.75) is 19.0 Å². The molecule has 0 fully saturated rings. The molecule has 1 amide bonds. The Kier molecular flexibility index (Phi) is 9.63. The van der Waals surface area contributed by atoms with Crippen LogP contribution in [-0.2, 0) is 21.4 Å². The van der Waals surface area contributed by atoms with E-state index in [4.69, 9.17) is 16.3 Å². The summed E-state index contributed by atoms with van der Waals surface area (Å²) in [5.74, 6) is -3.95. The lowest BCUT2D eigenvalue weighted by molar-refractivity contribution is -0.201. The van der Waals surface area contributed by atoms with Gasteiger partial charge in [-0.25, -0.2) is 9.78 Å². The SMILES string of the molecule is Cn1c(N(CCCC(=O)OC(=O)C(F)(F)F)C(=O)c2cc(Cl)cc(OCCNc3ccncc3)c2)nc2ccccc21. The van der Waals surface area contributed by atoms with Crippen LogP contribution in [0.1, 0.15) is 23.2 Å². The minimum Gasteiger partial charge on any atom is -0.492 e. The third kappa shape index (κ3) is 7.75. The number of carbonyl (C=O) groups is 3. The number of aryl methyl sites for hydroxylation is 1. The summed E-state index contributed by atoms with van der Waals surface area (Å²) in [6, 6.07) is 15.3. The zero-order valence-corrected chi connectivity index (χ0v) is 23.0. The fourth-order valence-electron chi connectivity index (χ4n) is 4.02. The van der Waals surface area contributed by atoms with Crippen molar-refractivity contribution < 1.29 is 37.0 Å². The molecule has 0 radical (unpaired) electrons. The molecule has 0 atom stereocenters. The van der Waals surface area contributed by atoms with E-state index in [1.165, 1.54) is 17.0 Å². The first-order valence-corrected chi connectivity index (χ1v) is 13.0. The van der Waals surface area contributed by atoms with Crippen LogP contribution in [-0.4, -0.2) is 58.3 Å². The number of anilines is 2. The Hall–Kier alpha value is -4.65. The highest BCUT2D eigenvalue weighted by atomic mass is 35.5. The van der Waals surface area contributed by atoms with Crippen molar-refractivity contribution in [2.75, 3.05) is 29.9 Å². The number of ether oxygens (including phenoxy) is 2. The monoisotopic (exact) mass is 603 g/mol. The lowest BCUT2D eigenvalue weighted by atomic mass is 10.1. The van der Waals surface area contributed by atoms with Crippen molar-refractivity contribution >= 4 is 52.1 Å². The molecule has 220 valence electrons. The molecule has 2 aromatic heterocycles. The van der Waals surface area contributed by atoms with Gasteiger partial charge in [-0.2, -0.15) is 13.2 Å². The summed E-state index contributed by atoms with van der Waals surface area (Å²) in [5.41, 5.74) is 2.33. The van der Waals surface area contributed by atoms with Crippen LogP contribution in [0.5, 0.6) is 5.75 Å². The average molecular weight is 604 g/mol. The maximum atomic E-state index is 13.8. The molecule has 1 N–H and O–H groups in total. The van der Waals surface area contributed by atoms with Crippen LogP contribution >= 0.6 is 11.6 Å². The molecule has 2 aromatic carbocycles. The molecule has 0 bridgehead atoms. The quantitative estimate of drug-likeness (QED) is 0.142. The van der Waals surface area contributed by atoms with Gasteiger partial charge in [-0.05, 0) is 48.9 Å². The van der Waals surface area contributed by atoms with Gasteiger partial charge in [0.05, 0.1) is 11.0 Å². The number of rotatable bonds is 11. The third-order valence-electron chi connectivity index (χ3n) is 5.95. The number of halogens is 4. The van der Waals surface area contributed by atoms with E-state index < -0.39 is 30.4 Å². The van der Waals surface area contributed by atoms with Crippen LogP contribution in [0.3, 0.4) is 0 Å². The second kappa shape index (κ2) is 13.3. The topological polar surface area (TPSA) is 116 Å². The summed E-state index contributed by atoms with van der Waals surface area (Å²) >= 11 is 6.30. The van der Waals surface area contributed by atoms with Crippen LogP contribution in [0.25, 0.3) is 11.0 Å². The van der Waals surface area contributed by atoms with Gasteiger partial charge >= 0.3 is 18.1 Å². The predicted octanol–water partition coefficient (Wildman–Crippen LogP) is 5.17. The first-order valence-electron chi connectivity index (χ1n) is 12.7. The minimum atomic E-state index is -5.30. The van der Waals surface area contributed by atoms with Crippen LogP contribution < -0.4 is 15.0 Å². The van der Waals surface area contributed by atoms with Crippen LogP contribution in [0.15, 0.2) is 67.0 Å². The van der Waals surface area contributed by atoms with E-state index in [9.17, 15) is 27.6 Å². The van der Waals surface area contributed by atoms with Gasteiger partial charge < -0.3 is 19.4 Å². The molecular formula is C28H25ClF3N5O5. The van der Waals surface area contributed by atoms with E-state index in [0.29, 0.717) is 17.8 Å². The van der Waals surface area contributed by atoms with Crippen molar-refractivity contribution in [1.29, 1.82) is 0 Å². The standard InChI is InChI=1S/C28H25ClF3N5O5/c1-36-23-6-3-2-5-22(23)35-27(36)37(13-4-7-24(38)42-26(40)28(30,31)32)25(39)18-15-19(29)17-21(16-18)41-14-12-34-20-8-10-33-11-9-20/h2-3,5-6,8-11,15-17H,4,7,12-14H2,1H3,(H,33,34). The smallest absolute Gasteiger partial charge is 0.491 e. The molecule has 0 aliphatic heterocycles. The number of imidazole rings is 1. The van der Waals surface area contributed by atoms with Gasteiger partial charge in [0, 0.05) is 55.2 Å². The van der Waals surface area contributed by atoms with E-state index in [1.54, 1.807) is 66.5 Å². The molecule has 0 spiro atoms. The number of alkyl halides is 3. The second-order valence-electron chi connectivity index (χ2n) is 8.97. The summed E-state index contributed by atoms with van der Waals surface area (Å²) in [7, 11) is 1.70. The van der Waals surface area contributed by atoms with Gasteiger partial charge in [-0.15, -0.1) is 0 Å². The summed E-state index contributed by atoms with van der Waals surface area (Å²) < 4.78 is 48.7. The third-order valence-corrected chi connectivity index (χ3v) is 6.17. The zero-order chi connectivity index (χ0) is 30.3. The molecule has 4 aromatic rings. The van der Waals surface area contributed by atoms with E-state index in [2.05, 4.69) is 20.0 Å². The van der Waals surface area contributed by atoms with Crippen LogP contribution in [0, 0.1) is 0 Å². The lowest BCUT2D eigenvalue weighted by Gasteiger charge is -2.22. The first-order chi connectivity index (χ1) is 20.0. The summed E-state index contributed by atoms with van der Waals surface area (Å²) in [6.45, 7) is 0.576. The van der Waals surface area contributed by atoms with Crippen molar-refractivity contribution in [3.8, 4) is 5.75 Å². The Morgan fingerprint density at radius 1 is 1.07 bits per heavy atom. The second-order valence-corrected chi connectivity index (χ2v) is 9.40. The number of amides is 1. The predicted molar refractivity (Wildman–Crippen MR) is 148 cm³/mol. The molecule has 14 heteroatoms. The largest absolute Gasteiger partial charge is 0.492 e. The highest BCUT2D eigenvalue weighted by molar-refractivity contribution is 6.31. The number of fused-ring (bicyclic) bond motifs is 1. The molecular weight excluding hydrogens is 579 g/mol. The number of pyridine rings is 1. The molecule has 4 rings (SSSR count). The van der Waals surface area contributed by atoms with Crippen molar-refractivity contribution in [3.63, 3.8) is 0 Å². The van der Waals surface area contributed by atoms with Crippen molar-refractivity contribution in [2.24, 2.45) is 7.05 Å². The zero-order valence-electron chi connectivity index (χ0n) is 22.2. The number of hydrogen-bond acceptors (Lipinski definition) is 8. The van der Waals surface area contributed by atoms with Gasteiger partial charge in [0.2, 0.25) is 5.95 Å². The molecule has 0 saturated carbocycles. The molecule has 0 aliphatic rings. The fraction of sp³-hybridized carbons (Fsp3) is 0.250. The number of carbonyl (C=O) groups excluding carboxylic acids is 3. The van der Waals surface area contributed by atoms with Gasteiger partial charge in [0.1, 0.15) is 12.4 Å². The van der Waals surface area contributed by atoms with Crippen LogP contribution in [0.2, 0.25) is 5.02 Å². The fourth-order valence-corrected chi connectivity index (χ4v) is 4.24. The van der Waals surface area contributed by atoms with Gasteiger partial charge in [0.15, 0.2) is 0 Å². The van der Waals surface area contributed by atoms with E-state index in [-0.39, 0.29) is 36.1 Å². The number of esters is 2. The molecule has 10 nitrogen and oxygen atoms in total. The highest BCUT2D eigenvalue weighted by Crippen LogP contribution is 2.27. The number of para-hydroxylation sites is 2. The van der Waals surface area contributed by atoms with Gasteiger partial charge in [0.25, 0.3) is 5.91 Å². The summed E-state index contributed by atoms with van der Waals surface area (Å²) in [5, 5.41) is 3.41. The Morgan fingerprint density at radius 2 is 1.81 bits per heavy atom. The van der Waals surface area contributed by atoms with E-state index in [1.807, 2.05) is 0 Å². The Labute approximate surface area is 243 Å². The molecule has 42 heavy (non-hydrogen) atoms. The van der Waals surface area contributed by atoms with Crippen LogP contribution in [0.4, 0.5) is 24.8 Å². The Bertz CT molecular complexity index is 1580. The Morgan fingerprint density at radius 3 is 2.52 bits per heavy atom. The van der Waals surface area contributed by atoms with Crippen molar-refractivity contribution in [3.05, 3.63) is 77.6 Å². The first kappa shape index (κ1) is 30.3. The molecule has 0 aliphatic carbocycles. The minimum absolute atomic E-state index is 0.122. The maximum Gasteiger partial charge on any atom is 0.491 e.